The second-order valence-corrected chi connectivity index (χ2v) is 8.59. The van der Waals surface area contributed by atoms with Crippen molar-refractivity contribution in [2.75, 3.05) is 11.1 Å². The lowest BCUT2D eigenvalue weighted by molar-refractivity contribution is -0.113. The minimum absolute atomic E-state index is 0.105. The molecule has 1 heterocycles. The highest BCUT2D eigenvalue weighted by molar-refractivity contribution is 7.99. The van der Waals surface area contributed by atoms with Crippen LogP contribution in [0.1, 0.15) is 39.8 Å². The Morgan fingerprint density at radius 2 is 1.88 bits per heavy atom. The molecular formula is C25H29N5O2S. The fourth-order valence-corrected chi connectivity index (χ4v) is 4.11. The monoisotopic (exact) mass is 463 g/mol. The van der Waals surface area contributed by atoms with E-state index in [2.05, 4.69) is 34.3 Å². The van der Waals surface area contributed by atoms with Gasteiger partial charge in [-0.05, 0) is 43.5 Å². The Hall–Kier alpha value is -3.39. The van der Waals surface area contributed by atoms with Gasteiger partial charge in [0.05, 0.1) is 12.3 Å². The van der Waals surface area contributed by atoms with E-state index in [1.165, 1.54) is 11.8 Å². The van der Waals surface area contributed by atoms with Crippen molar-refractivity contribution in [2.24, 2.45) is 0 Å². The first kappa shape index (κ1) is 24.3. The molecule has 0 bridgehead atoms. The van der Waals surface area contributed by atoms with E-state index in [-0.39, 0.29) is 24.1 Å². The van der Waals surface area contributed by atoms with Crippen molar-refractivity contribution in [1.82, 2.24) is 20.1 Å². The number of amides is 2. The molecule has 0 aliphatic carbocycles. The molecule has 172 valence electrons. The van der Waals surface area contributed by atoms with Crippen LogP contribution in [-0.4, -0.2) is 32.3 Å². The third-order valence-corrected chi connectivity index (χ3v) is 6.13. The maximum absolute atomic E-state index is 12.6. The molecule has 1 aromatic heterocycles. The number of anilines is 1. The largest absolute Gasteiger partial charge is 0.345 e. The molecule has 0 radical (unpaired) electrons. The number of aromatic nitrogens is 3. The summed E-state index contributed by atoms with van der Waals surface area (Å²) in [7, 11) is 0. The lowest BCUT2D eigenvalue weighted by Gasteiger charge is -2.13. The fourth-order valence-electron chi connectivity index (χ4n) is 3.34. The third kappa shape index (κ3) is 6.32. The second-order valence-electron chi connectivity index (χ2n) is 7.65. The summed E-state index contributed by atoms with van der Waals surface area (Å²) in [5, 5.41) is 14.9. The zero-order valence-corrected chi connectivity index (χ0v) is 20.0. The topological polar surface area (TPSA) is 88.9 Å². The number of allylic oxidation sites excluding steroid dienone is 1. The van der Waals surface area contributed by atoms with Crippen LogP contribution in [0.2, 0.25) is 0 Å². The van der Waals surface area contributed by atoms with E-state index in [1.807, 2.05) is 48.7 Å². The van der Waals surface area contributed by atoms with Crippen molar-refractivity contribution in [1.29, 1.82) is 0 Å². The minimum atomic E-state index is -0.179. The summed E-state index contributed by atoms with van der Waals surface area (Å²) in [5.74, 6) is 0.515. The Morgan fingerprint density at radius 1 is 1.12 bits per heavy atom. The third-order valence-electron chi connectivity index (χ3n) is 5.16. The maximum Gasteiger partial charge on any atom is 0.251 e. The number of thioether (sulfide) groups is 1. The Morgan fingerprint density at radius 3 is 2.58 bits per heavy atom. The summed E-state index contributed by atoms with van der Waals surface area (Å²) in [6, 6.07) is 13.4. The molecule has 33 heavy (non-hydrogen) atoms. The molecule has 0 saturated carbocycles. The van der Waals surface area contributed by atoms with E-state index in [1.54, 1.807) is 18.2 Å². The lowest BCUT2D eigenvalue weighted by Crippen LogP contribution is -2.24. The first-order chi connectivity index (χ1) is 15.9. The number of benzene rings is 2. The number of nitrogens with one attached hydrogen (secondary N) is 2. The van der Waals surface area contributed by atoms with Crippen molar-refractivity contribution in [3.63, 3.8) is 0 Å². The van der Waals surface area contributed by atoms with Gasteiger partial charge >= 0.3 is 0 Å². The van der Waals surface area contributed by atoms with Gasteiger partial charge in [-0.25, -0.2) is 0 Å². The van der Waals surface area contributed by atoms with E-state index < -0.39 is 0 Å². The first-order valence-corrected chi connectivity index (χ1v) is 11.8. The maximum atomic E-state index is 12.6. The van der Waals surface area contributed by atoms with Crippen molar-refractivity contribution >= 4 is 29.3 Å². The van der Waals surface area contributed by atoms with Gasteiger partial charge in [-0.2, -0.15) is 0 Å². The Bertz CT molecular complexity index is 1140. The highest BCUT2D eigenvalue weighted by atomic mass is 32.2. The van der Waals surface area contributed by atoms with E-state index >= 15 is 0 Å². The van der Waals surface area contributed by atoms with Crippen molar-refractivity contribution in [3.05, 3.63) is 83.2 Å². The van der Waals surface area contributed by atoms with Gasteiger partial charge in [-0.1, -0.05) is 60.7 Å². The summed E-state index contributed by atoms with van der Waals surface area (Å²) in [6.45, 7) is 10.5. The number of hydrogen-bond donors (Lipinski definition) is 2. The Balaban J connectivity index is 1.63. The zero-order valence-electron chi connectivity index (χ0n) is 19.2. The molecule has 0 saturated heterocycles. The minimum Gasteiger partial charge on any atom is -0.345 e. The molecule has 0 spiro atoms. The zero-order chi connectivity index (χ0) is 23.8. The molecule has 2 N–H and O–H groups in total. The van der Waals surface area contributed by atoms with Crippen molar-refractivity contribution < 1.29 is 9.59 Å². The fraction of sp³-hybridized carbons (Fsp3) is 0.280. The summed E-state index contributed by atoms with van der Waals surface area (Å²) in [5.41, 5.74) is 4.70. The molecule has 3 aromatic rings. The van der Waals surface area contributed by atoms with Crippen LogP contribution in [0.5, 0.6) is 0 Å². The molecule has 7 nitrogen and oxygen atoms in total. The molecule has 8 heteroatoms. The number of rotatable bonds is 10. The van der Waals surface area contributed by atoms with Gasteiger partial charge in [-0.3, -0.25) is 9.59 Å². The van der Waals surface area contributed by atoms with E-state index in [0.717, 1.165) is 28.8 Å². The summed E-state index contributed by atoms with van der Waals surface area (Å²) < 4.78 is 1.85. The van der Waals surface area contributed by atoms with Gasteiger partial charge in [0.25, 0.3) is 5.91 Å². The average Bonchev–Trinajstić information content (AvgIpc) is 3.19. The van der Waals surface area contributed by atoms with Crippen molar-refractivity contribution in [2.45, 2.75) is 45.4 Å². The normalized spacial score (nSPS) is 10.6. The Kier molecular flexibility index (Phi) is 8.43. The van der Waals surface area contributed by atoms with E-state index in [9.17, 15) is 9.59 Å². The predicted molar refractivity (Wildman–Crippen MR) is 132 cm³/mol. The molecule has 0 unspecified atom stereocenters. The summed E-state index contributed by atoms with van der Waals surface area (Å²) in [6.07, 6.45) is 2.58. The first-order valence-electron chi connectivity index (χ1n) is 10.8. The second kappa shape index (κ2) is 11.5. The van der Waals surface area contributed by atoms with Gasteiger partial charge in [0, 0.05) is 17.8 Å². The molecule has 0 fully saturated rings. The van der Waals surface area contributed by atoms with Gasteiger partial charge < -0.3 is 15.2 Å². The molecular weight excluding hydrogens is 434 g/mol. The van der Waals surface area contributed by atoms with Gasteiger partial charge in [0.2, 0.25) is 5.91 Å². The summed E-state index contributed by atoms with van der Waals surface area (Å²) >= 11 is 1.30. The number of aryl methyl sites for hydroxylation is 3. The van der Waals surface area contributed by atoms with E-state index in [0.29, 0.717) is 23.1 Å². The Labute approximate surface area is 198 Å². The van der Waals surface area contributed by atoms with Crippen LogP contribution < -0.4 is 10.6 Å². The van der Waals surface area contributed by atoms with Gasteiger partial charge in [-0.15, -0.1) is 16.8 Å². The molecule has 2 amide bonds. The molecule has 0 aliphatic rings. The van der Waals surface area contributed by atoms with Crippen LogP contribution in [0.4, 0.5) is 5.69 Å². The molecule has 3 rings (SSSR count). The van der Waals surface area contributed by atoms with Crippen LogP contribution in [0, 0.1) is 13.8 Å². The highest BCUT2D eigenvalue weighted by Gasteiger charge is 2.16. The van der Waals surface area contributed by atoms with Gasteiger partial charge in [0.1, 0.15) is 0 Å². The van der Waals surface area contributed by atoms with Crippen LogP contribution in [0.25, 0.3) is 0 Å². The quantitative estimate of drug-likeness (QED) is 0.346. The molecule has 0 aliphatic heterocycles. The smallest absolute Gasteiger partial charge is 0.251 e. The van der Waals surface area contributed by atoms with Crippen LogP contribution in [0.15, 0.2) is 60.3 Å². The standard InChI is InChI=1S/C25H29N5O2S/c1-5-14-30-21(15-26-24(32)20-12-10-17(3)11-13-20)28-29-25(30)33-16-22(31)27-23-18(4)8-7-9-19(23)6-2/h5,7-13H,1,6,14-16H2,2-4H3,(H,26,32)(H,27,31). The van der Waals surface area contributed by atoms with Crippen LogP contribution in [-0.2, 0) is 24.3 Å². The number of carbonyl (C=O) groups is 2. The number of nitrogens with zero attached hydrogens (tertiary/aromatic N) is 3. The van der Waals surface area contributed by atoms with Crippen molar-refractivity contribution in [3.8, 4) is 0 Å². The summed E-state index contributed by atoms with van der Waals surface area (Å²) in [4.78, 5) is 25.0. The van der Waals surface area contributed by atoms with E-state index in [4.69, 9.17) is 0 Å². The van der Waals surface area contributed by atoms with Gasteiger partial charge in [0.15, 0.2) is 11.0 Å². The van der Waals surface area contributed by atoms with Crippen LogP contribution >= 0.6 is 11.8 Å². The molecule has 2 aromatic carbocycles. The average molecular weight is 464 g/mol. The number of carbonyl (C=O) groups excluding carboxylic acids is 2. The predicted octanol–water partition coefficient (Wildman–Crippen LogP) is 4.30. The van der Waals surface area contributed by atoms with Crippen LogP contribution in [0.3, 0.4) is 0 Å². The highest BCUT2D eigenvalue weighted by Crippen LogP contribution is 2.23. The SMILES string of the molecule is C=CCn1c(CNC(=O)c2ccc(C)cc2)nnc1SCC(=O)Nc1c(C)cccc1CC. The number of hydrogen-bond acceptors (Lipinski definition) is 5. The molecule has 0 atom stereocenters. The lowest BCUT2D eigenvalue weighted by atomic mass is 10.1. The number of para-hydroxylation sites is 1.